The van der Waals surface area contributed by atoms with Crippen LogP contribution in [0.25, 0.3) is 0 Å². The molecule has 0 aliphatic heterocycles. The molecule has 0 fully saturated rings. The van der Waals surface area contributed by atoms with Crippen LogP contribution in [0.5, 0.6) is 0 Å². The number of carbonyl (C=O) groups is 1. The molecule has 0 spiro atoms. The van der Waals surface area contributed by atoms with E-state index in [9.17, 15) is 4.79 Å². The Kier molecular flexibility index (Phi) is 29.5. The molecule has 0 atom stereocenters. The van der Waals surface area contributed by atoms with E-state index in [-0.39, 0.29) is 6.10 Å². The number of rotatable bonds is 31. The minimum absolute atomic E-state index is 0.229. The van der Waals surface area contributed by atoms with Crippen molar-refractivity contribution in [3.05, 3.63) is 0 Å². The molecule has 0 aromatic carbocycles. The van der Waals surface area contributed by atoms with Crippen molar-refractivity contribution in [1.29, 1.82) is 0 Å². The first-order valence-electron chi connectivity index (χ1n) is 14.6. The van der Waals surface area contributed by atoms with Gasteiger partial charge >= 0.3 is 6.09 Å². The SMILES string of the molecule is CC(C)OCCOCCOCCOCCOCCOCCOCCOCCOCCOCCNC(=O)OC(C)(C)C. The van der Waals surface area contributed by atoms with Gasteiger partial charge in [0.2, 0.25) is 0 Å². The maximum absolute atomic E-state index is 11.5. The first-order chi connectivity index (χ1) is 19.8. The van der Waals surface area contributed by atoms with E-state index in [1.54, 1.807) is 0 Å². The highest BCUT2D eigenvalue weighted by Gasteiger charge is 2.15. The summed E-state index contributed by atoms with van der Waals surface area (Å²) in [6.45, 7) is 19.5. The number of carbonyl (C=O) groups excluding carboxylic acids is 1. The van der Waals surface area contributed by atoms with Gasteiger partial charge in [-0.25, -0.2) is 4.79 Å². The van der Waals surface area contributed by atoms with Crippen LogP contribution in [0.1, 0.15) is 34.6 Å². The van der Waals surface area contributed by atoms with Gasteiger partial charge in [-0.1, -0.05) is 0 Å². The van der Waals surface area contributed by atoms with Crippen LogP contribution in [-0.2, 0) is 52.1 Å². The summed E-state index contributed by atoms with van der Waals surface area (Å²) in [7, 11) is 0. The average molecular weight is 600 g/mol. The standard InChI is InChI=1S/C28H57NO12/c1-26(2)40-25-24-39-23-22-38-21-20-37-19-18-36-17-16-35-15-14-34-13-12-33-11-10-32-9-8-31-7-6-29-27(30)41-28(3,4)5/h26H,6-25H2,1-5H3,(H,29,30). The van der Waals surface area contributed by atoms with Crippen molar-refractivity contribution in [1.82, 2.24) is 5.32 Å². The number of amides is 1. The molecule has 0 saturated heterocycles. The Labute approximate surface area is 247 Å². The molecule has 0 heterocycles. The van der Waals surface area contributed by atoms with Gasteiger partial charge in [-0.05, 0) is 34.6 Å². The van der Waals surface area contributed by atoms with Crippen molar-refractivity contribution in [2.24, 2.45) is 0 Å². The topological polar surface area (TPSA) is 131 Å². The van der Waals surface area contributed by atoms with Gasteiger partial charge in [0.25, 0.3) is 0 Å². The first-order valence-corrected chi connectivity index (χ1v) is 14.6. The highest BCUT2D eigenvalue weighted by atomic mass is 16.6. The first kappa shape index (κ1) is 39.9. The number of hydrogen-bond acceptors (Lipinski definition) is 12. The van der Waals surface area contributed by atoms with Crippen molar-refractivity contribution in [2.75, 3.05) is 132 Å². The molecule has 246 valence electrons. The molecule has 1 amide bonds. The molecule has 0 aliphatic carbocycles. The molecule has 0 aromatic heterocycles. The molecule has 0 aromatic rings. The maximum atomic E-state index is 11.5. The van der Waals surface area contributed by atoms with Crippen LogP contribution in [0.15, 0.2) is 0 Å². The van der Waals surface area contributed by atoms with Gasteiger partial charge < -0.3 is 57.4 Å². The minimum Gasteiger partial charge on any atom is -0.444 e. The zero-order valence-corrected chi connectivity index (χ0v) is 26.1. The van der Waals surface area contributed by atoms with Gasteiger partial charge in [-0.2, -0.15) is 0 Å². The van der Waals surface area contributed by atoms with Gasteiger partial charge in [0.1, 0.15) is 5.60 Å². The molecule has 13 heteroatoms. The monoisotopic (exact) mass is 599 g/mol. The Morgan fingerprint density at radius 2 is 0.756 bits per heavy atom. The van der Waals surface area contributed by atoms with Crippen molar-refractivity contribution in [2.45, 2.75) is 46.3 Å². The fraction of sp³-hybridized carbons (Fsp3) is 0.964. The van der Waals surface area contributed by atoms with Crippen LogP contribution in [-0.4, -0.2) is 150 Å². The molecule has 41 heavy (non-hydrogen) atoms. The van der Waals surface area contributed by atoms with E-state index in [1.165, 1.54) is 0 Å². The van der Waals surface area contributed by atoms with E-state index in [4.69, 9.17) is 52.1 Å². The predicted octanol–water partition coefficient (Wildman–Crippen LogP) is 2.09. The van der Waals surface area contributed by atoms with Crippen LogP contribution in [0.3, 0.4) is 0 Å². The fourth-order valence-electron chi connectivity index (χ4n) is 2.74. The van der Waals surface area contributed by atoms with Gasteiger partial charge in [0.05, 0.1) is 132 Å². The number of alkyl carbamates (subject to hydrolysis) is 1. The van der Waals surface area contributed by atoms with E-state index in [1.807, 2.05) is 34.6 Å². The largest absolute Gasteiger partial charge is 0.444 e. The summed E-state index contributed by atoms with van der Waals surface area (Å²) in [5, 5.41) is 2.63. The second-order valence-electron chi connectivity index (χ2n) is 9.86. The Morgan fingerprint density at radius 1 is 0.488 bits per heavy atom. The van der Waals surface area contributed by atoms with Gasteiger partial charge in [0.15, 0.2) is 0 Å². The fourth-order valence-corrected chi connectivity index (χ4v) is 2.74. The van der Waals surface area contributed by atoms with Crippen molar-refractivity contribution in [3.63, 3.8) is 0 Å². The lowest BCUT2D eigenvalue weighted by Crippen LogP contribution is -2.34. The molecule has 0 bridgehead atoms. The van der Waals surface area contributed by atoms with E-state index in [2.05, 4.69) is 5.32 Å². The van der Waals surface area contributed by atoms with Gasteiger partial charge in [-0.15, -0.1) is 0 Å². The zero-order valence-electron chi connectivity index (χ0n) is 26.1. The number of nitrogens with one attached hydrogen (secondary N) is 1. The molecule has 0 aliphatic rings. The third-order valence-electron chi connectivity index (χ3n) is 4.57. The molecule has 0 rings (SSSR count). The van der Waals surface area contributed by atoms with Gasteiger partial charge in [0, 0.05) is 6.54 Å². The lowest BCUT2D eigenvalue weighted by Gasteiger charge is -2.19. The zero-order chi connectivity index (χ0) is 30.3. The summed E-state index contributed by atoms with van der Waals surface area (Å²) in [6.07, 6.45) is -0.221. The molecule has 0 unspecified atom stereocenters. The quantitative estimate of drug-likeness (QED) is 0.117. The van der Waals surface area contributed by atoms with Crippen molar-refractivity contribution < 1.29 is 56.9 Å². The Morgan fingerprint density at radius 3 is 1.02 bits per heavy atom. The Hall–Kier alpha value is -1.13. The summed E-state index contributed by atoms with van der Waals surface area (Å²) in [5.41, 5.74) is -0.508. The summed E-state index contributed by atoms with van der Waals surface area (Å²) in [5.74, 6) is 0. The number of hydrogen-bond donors (Lipinski definition) is 1. The van der Waals surface area contributed by atoms with Crippen LogP contribution < -0.4 is 5.32 Å². The third kappa shape index (κ3) is 36.8. The maximum Gasteiger partial charge on any atom is 0.407 e. The van der Waals surface area contributed by atoms with Crippen LogP contribution in [0.2, 0.25) is 0 Å². The molecule has 1 N–H and O–H groups in total. The molecule has 13 nitrogen and oxygen atoms in total. The number of ether oxygens (including phenoxy) is 11. The summed E-state index contributed by atoms with van der Waals surface area (Å²) >= 11 is 0. The second kappa shape index (κ2) is 30.3. The summed E-state index contributed by atoms with van der Waals surface area (Å²) in [4.78, 5) is 11.5. The van der Waals surface area contributed by atoms with Gasteiger partial charge in [-0.3, -0.25) is 0 Å². The van der Waals surface area contributed by atoms with Crippen LogP contribution in [0.4, 0.5) is 4.79 Å². The molecular formula is C28H57NO12. The smallest absolute Gasteiger partial charge is 0.407 e. The highest BCUT2D eigenvalue weighted by Crippen LogP contribution is 2.06. The molecule has 0 radical (unpaired) electrons. The predicted molar refractivity (Wildman–Crippen MR) is 153 cm³/mol. The summed E-state index contributed by atoms with van der Waals surface area (Å²) < 4.78 is 59.4. The van der Waals surface area contributed by atoms with Crippen molar-refractivity contribution in [3.8, 4) is 0 Å². The van der Waals surface area contributed by atoms with E-state index < -0.39 is 11.7 Å². The average Bonchev–Trinajstić information content (AvgIpc) is 2.90. The van der Waals surface area contributed by atoms with Crippen molar-refractivity contribution >= 4 is 6.09 Å². The third-order valence-corrected chi connectivity index (χ3v) is 4.57. The lowest BCUT2D eigenvalue weighted by molar-refractivity contribution is -0.0278. The highest BCUT2D eigenvalue weighted by molar-refractivity contribution is 5.67. The Bertz CT molecular complexity index is 549. The summed E-state index contributed by atoms with van der Waals surface area (Å²) in [6, 6.07) is 0. The van der Waals surface area contributed by atoms with Crippen LogP contribution in [0, 0.1) is 0 Å². The molecule has 0 saturated carbocycles. The minimum atomic E-state index is -0.508. The lowest BCUT2D eigenvalue weighted by atomic mass is 10.2. The van der Waals surface area contributed by atoms with E-state index >= 15 is 0 Å². The molecular weight excluding hydrogens is 542 g/mol. The second-order valence-corrected chi connectivity index (χ2v) is 9.86. The van der Waals surface area contributed by atoms with Crippen LogP contribution >= 0.6 is 0 Å². The Balaban J connectivity index is 3.10. The van der Waals surface area contributed by atoms with E-state index in [0.29, 0.717) is 132 Å². The normalized spacial score (nSPS) is 11.9. The van der Waals surface area contributed by atoms with E-state index in [0.717, 1.165) is 0 Å².